The summed E-state index contributed by atoms with van der Waals surface area (Å²) in [4.78, 5) is 17.2. The van der Waals surface area contributed by atoms with Gasteiger partial charge in [0.15, 0.2) is 8.32 Å². The van der Waals surface area contributed by atoms with Crippen molar-refractivity contribution >= 4 is 25.0 Å². The third kappa shape index (κ3) is 5.44. The first-order chi connectivity index (χ1) is 15.6. The van der Waals surface area contributed by atoms with Crippen LogP contribution in [0.25, 0.3) is 11.0 Å². The number of hydrogen-bond donors (Lipinski definition) is 1. The number of nitrogen functional groups attached to an aromatic ring is 1. The van der Waals surface area contributed by atoms with Gasteiger partial charge in [0.25, 0.3) is 5.56 Å². The van der Waals surface area contributed by atoms with E-state index in [1.165, 1.54) is 29.0 Å². The van der Waals surface area contributed by atoms with E-state index >= 15 is 0 Å². The Bertz CT molecular complexity index is 1250. The molecule has 0 spiro atoms. The minimum atomic E-state index is -4.81. The van der Waals surface area contributed by atoms with Crippen molar-refractivity contribution in [2.24, 2.45) is 0 Å². The van der Waals surface area contributed by atoms with E-state index in [1.54, 1.807) is 25.1 Å². The second-order valence-corrected chi connectivity index (χ2v) is 14.6. The molecule has 1 atom stereocenters. The van der Waals surface area contributed by atoms with Crippen molar-refractivity contribution in [2.75, 3.05) is 5.73 Å². The van der Waals surface area contributed by atoms with Gasteiger partial charge in [-0.25, -0.2) is 4.98 Å². The molecule has 0 unspecified atom stereocenters. The Morgan fingerprint density at radius 3 is 2.44 bits per heavy atom. The Labute approximate surface area is 197 Å². The third-order valence-corrected chi connectivity index (χ3v) is 10.9. The first kappa shape index (κ1) is 25.8. The van der Waals surface area contributed by atoms with E-state index in [4.69, 9.17) is 10.2 Å². The van der Waals surface area contributed by atoms with Crippen molar-refractivity contribution < 1.29 is 22.3 Å². The van der Waals surface area contributed by atoms with Gasteiger partial charge < -0.3 is 14.9 Å². The molecule has 0 saturated heterocycles. The molecule has 1 heterocycles. The van der Waals surface area contributed by atoms with Gasteiger partial charge in [-0.05, 0) is 54.9 Å². The van der Waals surface area contributed by atoms with Crippen LogP contribution in [0.15, 0.2) is 47.4 Å². The van der Waals surface area contributed by atoms with Gasteiger partial charge >= 0.3 is 6.36 Å². The molecule has 184 valence electrons. The highest BCUT2D eigenvalue weighted by atomic mass is 28.4. The van der Waals surface area contributed by atoms with Crippen LogP contribution in [0.4, 0.5) is 18.9 Å². The van der Waals surface area contributed by atoms with Gasteiger partial charge in [-0.2, -0.15) is 0 Å². The van der Waals surface area contributed by atoms with Crippen LogP contribution in [0.3, 0.4) is 0 Å². The van der Waals surface area contributed by atoms with Crippen LogP contribution in [0, 0.1) is 0 Å². The first-order valence-corrected chi connectivity index (χ1v) is 13.8. The highest BCUT2D eigenvalue weighted by Gasteiger charge is 2.37. The fourth-order valence-electron chi connectivity index (χ4n) is 3.42. The molecular weight excluding hydrogens is 463 g/mol. The molecule has 0 aliphatic carbocycles. The van der Waals surface area contributed by atoms with Gasteiger partial charge in [0.05, 0.1) is 29.9 Å². The highest BCUT2D eigenvalue weighted by molar-refractivity contribution is 6.74. The summed E-state index contributed by atoms with van der Waals surface area (Å²) in [5, 5.41) is -0.000110. The number of hydrogen-bond acceptors (Lipinski definition) is 5. The lowest BCUT2D eigenvalue weighted by Crippen LogP contribution is -2.40. The SMILES string of the molecule is C[C@@H](c1cccc(OC(F)(F)F)c1)n1c(=O)cnc2c(CO[Si](C)(C)C(C)(C)C)c(N)ccc21. The maximum absolute atomic E-state index is 12.8. The highest BCUT2D eigenvalue weighted by Crippen LogP contribution is 2.38. The van der Waals surface area contributed by atoms with Crippen LogP contribution in [0.2, 0.25) is 18.1 Å². The number of rotatable bonds is 6. The normalized spacial score (nSPS) is 13.8. The topological polar surface area (TPSA) is 79.4 Å². The van der Waals surface area contributed by atoms with Crippen molar-refractivity contribution in [3.05, 3.63) is 64.1 Å². The zero-order chi connectivity index (χ0) is 25.5. The number of ether oxygens (including phenoxy) is 1. The number of benzene rings is 2. The van der Waals surface area contributed by atoms with Gasteiger partial charge in [0.2, 0.25) is 0 Å². The Kier molecular flexibility index (Phi) is 6.87. The molecule has 3 aromatic rings. The molecule has 0 amide bonds. The number of alkyl halides is 3. The predicted molar refractivity (Wildman–Crippen MR) is 129 cm³/mol. The Hall–Kier alpha value is -2.85. The van der Waals surface area contributed by atoms with E-state index in [2.05, 4.69) is 43.6 Å². The largest absolute Gasteiger partial charge is 0.573 e. The van der Waals surface area contributed by atoms with E-state index in [-0.39, 0.29) is 23.0 Å². The maximum Gasteiger partial charge on any atom is 0.573 e. The minimum Gasteiger partial charge on any atom is -0.412 e. The molecule has 10 heteroatoms. The Morgan fingerprint density at radius 2 is 1.82 bits per heavy atom. The summed E-state index contributed by atoms with van der Waals surface area (Å²) < 4.78 is 49.9. The first-order valence-electron chi connectivity index (χ1n) is 10.9. The van der Waals surface area contributed by atoms with Crippen LogP contribution in [-0.4, -0.2) is 24.2 Å². The van der Waals surface area contributed by atoms with Crippen molar-refractivity contribution in [3.8, 4) is 5.75 Å². The quantitative estimate of drug-likeness (QED) is 0.336. The van der Waals surface area contributed by atoms with E-state index in [9.17, 15) is 18.0 Å². The van der Waals surface area contributed by atoms with Crippen LogP contribution in [0.5, 0.6) is 5.75 Å². The average molecular weight is 494 g/mol. The molecule has 34 heavy (non-hydrogen) atoms. The third-order valence-electron chi connectivity index (χ3n) is 6.44. The Morgan fingerprint density at radius 1 is 1.15 bits per heavy atom. The molecular formula is C24H30F3N3O3Si. The van der Waals surface area contributed by atoms with E-state index in [1.807, 2.05) is 0 Å². The van der Waals surface area contributed by atoms with E-state index in [0.29, 0.717) is 27.8 Å². The number of nitrogens with two attached hydrogens (primary N) is 1. The number of aromatic nitrogens is 2. The molecule has 6 nitrogen and oxygen atoms in total. The maximum atomic E-state index is 12.8. The summed E-state index contributed by atoms with van der Waals surface area (Å²) in [5.74, 6) is -0.351. The van der Waals surface area contributed by atoms with Crippen LogP contribution in [-0.2, 0) is 11.0 Å². The molecule has 0 saturated carbocycles. The average Bonchev–Trinajstić information content (AvgIpc) is 2.70. The van der Waals surface area contributed by atoms with Gasteiger partial charge in [-0.1, -0.05) is 32.9 Å². The Balaban J connectivity index is 2.07. The summed E-state index contributed by atoms with van der Waals surface area (Å²) in [7, 11) is -2.08. The summed E-state index contributed by atoms with van der Waals surface area (Å²) in [6, 6.07) is 8.39. The molecule has 0 bridgehead atoms. The van der Waals surface area contributed by atoms with Crippen molar-refractivity contribution in [1.82, 2.24) is 9.55 Å². The number of anilines is 1. The van der Waals surface area contributed by atoms with Gasteiger partial charge in [-0.15, -0.1) is 13.2 Å². The van der Waals surface area contributed by atoms with Crippen molar-refractivity contribution in [1.29, 1.82) is 0 Å². The summed E-state index contributed by atoms with van der Waals surface area (Å²) in [5.41, 5.74) is 8.57. The minimum absolute atomic E-state index is 0.000110. The molecule has 0 fully saturated rings. The molecule has 2 N–H and O–H groups in total. The van der Waals surface area contributed by atoms with Crippen LogP contribution < -0.4 is 16.0 Å². The van der Waals surface area contributed by atoms with Gasteiger partial charge in [-0.3, -0.25) is 9.36 Å². The smallest absolute Gasteiger partial charge is 0.412 e. The molecule has 0 aliphatic heterocycles. The van der Waals surface area contributed by atoms with Crippen LogP contribution in [0.1, 0.15) is 44.9 Å². The van der Waals surface area contributed by atoms with Crippen molar-refractivity contribution in [2.45, 2.75) is 64.8 Å². The number of fused-ring (bicyclic) bond motifs is 1. The number of halogens is 3. The number of nitrogens with zero attached hydrogens (tertiary/aromatic N) is 2. The summed E-state index contributed by atoms with van der Waals surface area (Å²) in [6.07, 6.45) is -3.61. The fourth-order valence-corrected chi connectivity index (χ4v) is 4.36. The molecule has 0 radical (unpaired) electrons. The monoisotopic (exact) mass is 493 g/mol. The van der Waals surface area contributed by atoms with Crippen molar-refractivity contribution in [3.63, 3.8) is 0 Å². The summed E-state index contributed by atoms with van der Waals surface area (Å²) in [6.45, 7) is 12.7. The lowest BCUT2D eigenvalue weighted by atomic mass is 10.1. The molecule has 3 rings (SSSR count). The molecule has 1 aromatic heterocycles. The lowest BCUT2D eigenvalue weighted by molar-refractivity contribution is -0.274. The van der Waals surface area contributed by atoms with Gasteiger partial charge in [0, 0.05) is 11.3 Å². The second kappa shape index (κ2) is 9.07. The van der Waals surface area contributed by atoms with Crippen LogP contribution >= 0.6 is 0 Å². The standard InChI is InChI=1S/C24H30F3N3O3Si/c1-15(16-8-7-9-17(12-16)33-24(25,26)27)30-20-11-10-19(28)18(22(20)29-13-21(30)31)14-32-34(5,6)23(2,3)4/h7-13,15H,14,28H2,1-6H3/t15-/m0/s1. The van der Waals surface area contributed by atoms with Gasteiger partial charge in [0.1, 0.15) is 5.75 Å². The predicted octanol–water partition coefficient (Wildman–Crippen LogP) is 6.01. The zero-order valence-corrected chi connectivity index (χ0v) is 21.2. The molecule has 0 aliphatic rings. The zero-order valence-electron chi connectivity index (χ0n) is 20.2. The second-order valence-electron chi connectivity index (χ2n) is 9.81. The molecule has 2 aromatic carbocycles. The lowest BCUT2D eigenvalue weighted by Gasteiger charge is -2.36. The summed E-state index contributed by atoms with van der Waals surface area (Å²) >= 11 is 0. The van der Waals surface area contributed by atoms with E-state index in [0.717, 1.165) is 0 Å². The fraction of sp³-hybridized carbons (Fsp3) is 0.417. The van der Waals surface area contributed by atoms with E-state index < -0.39 is 20.7 Å².